The second kappa shape index (κ2) is 8.85. The van der Waals surface area contributed by atoms with Gasteiger partial charge in [0.05, 0.1) is 16.9 Å². The minimum absolute atomic E-state index is 0.0222. The Hall–Kier alpha value is -4.26. The van der Waals surface area contributed by atoms with Gasteiger partial charge in [0, 0.05) is 18.2 Å². The number of para-hydroxylation sites is 1. The maximum absolute atomic E-state index is 13.8. The molecule has 0 fully saturated rings. The summed E-state index contributed by atoms with van der Waals surface area (Å²) < 4.78 is 28.3. The number of anilines is 2. The van der Waals surface area contributed by atoms with Crippen molar-refractivity contribution in [3.63, 3.8) is 0 Å². The number of nitrogens with one attached hydrogen (secondary N) is 1. The zero-order valence-corrected chi connectivity index (χ0v) is 16.9. The van der Waals surface area contributed by atoms with E-state index in [1.165, 1.54) is 47.0 Å². The molecule has 4 rings (SSSR count). The van der Waals surface area contributed by atoms with E-state index in [2.05, 4.69) is 5.32 Å². The molecular weight excluding hydrogens is 412 g/mol. The molecule has 0 spiro atoms. The maximum atomic E-state index is 13.8. The number of carbonyl (C=O) groups excluding carboxylic acids is 1. The summed E-state index contributed by atoms with van der Waals surface area (Å²) in [7, 11) is 0. The van der Waals surface area contributed by atoms with Crippen LogP contribution < -0.4 is 16.6 Å². The number of hydrogen-bond acceptors (Lipinski definition) is 4. The zero-order valence-electron chi connectivity index (χ0n) is 16.9. The first kappa shape index (κ1) is 21.0. The van der Waals surface area contributed by atoms with Crippen LogP contribution in [0.15, 0.2) is 89.7 Å². The number of nitrogen functional groups attached to an aromatic ring is 1. The van der Waals surface area contributed by atoms with Crippen LogP contribution >= 0.6 is 0 Å². The molecule has 0 atom stereocenters. The average Bonchev–Trinajstić information content (AvgIpc) is 2.79. The van der Waals surface area contributed by atoms with E-state index >= 15 is 0 Å². The molecule has 1 aromatic heterocycles. The Morgan fingerprint density at radius 3 is 2.41 bits per heavy atom. The molecule has 0 amide bonds. The summed E-state index contributed by atoms with van der Waals surface area (Å²) in [6.07, 6.45) is 0. The van der Waals surface area contributed by atoms with Gasteiger partial charge in [0.2, 0.25) is 0 Å². The van der Waals surface area contributed by atoms with Gasteiger partial charge in [-0.25, -0.2) is 8.78 Å². The van der Waals surface area contributed by atoms with Gasteiger partial charge in [-0.2, -0.15) is 0 Å². The molecule has 0 radical (unpaired) electrons. The monoisotopic (exact) mass is 431 g/mol. The van der Waals surface area contributed by atoms with Crippen molar-refractivity contribution in [3.05, 3.63) is 124 Å². The Kier molecular flexibility index (Phi) is 5.81. The lowest BCUT2D eigenvalue weighted by atomic mass is 10.0. The quantitative estimate of drug-likeness (QED) is 0.440. The number of carbonyl (C=O) groups is 1. The molecule has 0 saturated carbocycles. The van der Waals surface area contributed by atoms with Gasteiger partial charge < -0.3 is 11.1 Å². The van der Waals surface area contributed by atoms with Crippen molar-refractivity contribution in [2.75, 3.05) is 11.1 Å². The van der Waals surface area contributed by atoms with Crippen molar-refractivity contribution < 1.29 is 13.6 Å². The van der Waals surface area contributed by atoms with Crippen LogP contribution in [0.4, 0.5) is 20.3 Å². The highest BCUT2D eigenvalue weighted by atomic mass is 19.1. The van der Waals surface area contributed by atoms with Crippen molar-refractivity contribution in [2.24, 2.45) is 0 Å². The van der Waals surface area contributed by atoms with E-state index in [1.807, 2.05) is 6.07 Å². The number of nitrogens with zero attached hydrogens (tertiary/aromatic N) is 1. The van der Waals surface area contributed by atoms with Gasteiger partial charge >= 0.3 is 0 Å². The third kappa shape index (κ3) is 4.27. The number of hydrogen-bond donors (Lipinski definition) is 2. The topological polar surface area (TPSA) is 77.1 Å². The number of rotatable bonds is 6. The van der Waals surface area contributed by atoms with Crippen LogP contribution in [-0.4, -0.2) is 10.4 Å². The van der Waals surface area contributed by atoms with Gasteiger partial charge in [0.1, 0.15) is 17.5 Å². The lowest BCUT2D eigenvalue weighted by molar-refractivity contribution is 0.103. The zero-order chi connectivity index (χ0) is 22.7. The Bertz CT molecular complexity index is 1350. The fraction of sp³-hybridized carbons (Fsp3) is 0.0400. The number of benzene rings is 3. The lowest BCUT2D eigenvalue weighted by Crippen LogP contribution is -2.23. The van der Waals surface area contributed by atoms with Crippen LogP contribution in [0.2, 0.25) is 0 Å². The summed E-state index contributed by atoms with van der Waals surface area (Å²) in [5, 5.41) is 3.01. The third-order valence-corrected chi connectivity index (χ3v) is 5.01. The predicted octanol–water partition coefficient (Wildman–Crippen LogP) is 4.54. The molecule has 4 aromatic rings. The van der Waals surface area contributed by atoms with Crippen molar-refractivity contribution in [1.29, 1.82) is 0 Å². The summed E-state index contributed by atoms with van der Waals surface area (Å²) in [4.78, 5) is 25.5. The second-order valence-corrected chi connectivity index (χ2v) is 7.15. The first-order valence-corrected chi connectivity index (χ1v) is 9.83. The van der Waals surface area contributed by atoms with Crippen LogP contribution in [0.5, 0.6) is 0 Å². The van der Waals surface area contributed by atoms with Crippen LogP contribution in [0, 0.1) is 11.6 Å². The predicted molar refractivity (Wildman–Crippen MR) is 120 cm³/mol. The molecule has 0 aliphatic heterocycles. The first-order chi connectivity index (χ1) is 15.4. The molecule has 0 aliphatic rings. The van der Waals surface area contributed by atoms with Crippen LogP contribution in [0.3, 0.4) is 0 Å². The van der Waals surface area contributed by atoms with E-state index in [0.717, 1.165) is 5.56 Å². The van der Waals surface area contributed by atoms with Crippen molar-refractivity contribution >= 4 is 17.3 Å². The van der Waals surface area contributed by atoms with Gasteiger partial charge in [0.25, 0.3) is 5.56 Å². The highest BCUT2D eigenvalue weighted by Crippen LogP contribution is 2.20. The van der Waals surface area contributed by atoms with E-state index in [4.69, 9.17) is 5.73 Å². The Morgan fingerprint density at radius 1 is 0.906 bits per heavy atom. The molecule has 160 valence electrons. The minimum atomic E-state index is -0.458. The molecule has 3 N–H and O–H groups in total. The summed E-state index contributed by atoms with van der Waals surface area (Å²) in [5.74, 6) is -1.27. The highest BCUT2D eigenvalue weighted by molar-refractivity contribution is 6.11. The molecule has 0 bridgehead atoms. The van der Waals surface area contributed by atoms with E-state index in [9.17, 15) is 18.4 Å². The van der Waals surface area contributed by atoms with Crippen LogP contribution in [0.25, 0.3) is 5.69 Å². The smallest absolute Gasteiger partial charge is 0.256 e. The molecule has 5 nitrogen and oxygen atoms in total. The summed E-state index contributed by atoms with van der Waals surface area (Å²) >= 11 is 0. The number of pyridine rings is 1. The molecule has 0 unspecified atom stereocenters. The van der Waals surface area contributed by atoms with E-state index in [0.29, 0.717) is 17.9 Å². The SMILES string of the molecule is Nc1c(C(=O)c2ccc(F)cc2)ccc(=O)n1-c1cccc(CNc2ccccc2F)c1. The van der Waals surface area contributed by atoms with Crippen LogP contribution in [0.1, 0.15) is 21.5 Å². The Balaban J connectivity index is 1.66. The van der Waals surface area contributed by atoms with Crippen molar-refractivity contribution in [2.45, 2.75) is 6.54 Å². The summed E-state index contributed by atoms with van der Waals surface area (Å²) in [6.45, 7) is 0.317. The Labute approximate surface area is 182 Å². The first-order valence-electron chi connectivity index (χ1n) is 9.83. The summed E-state index contributed by atoms with van der Waals surface area (Å²) in [5.41, 5.74) is 7.82. The molecule has 32 heavy (non-hydrogen) atoms. The molecule has 1 heterocycles. The van der Waals surface area contributed by atoms with Gasteiger partial charge in [-0.15, -0.1) is 0 Å². The van der Waals surface area contributed by atoms with E-state index < -0.39 is 17.2 Å². The maximum Gasteiger partial charge on any atom is 0.256 e. The van der Waals surface area contributed by atoms with Gasteiger partial charge in [0.15, 0.2) is 5.78 Å². The second-order valence-electron chi connectivity index (χ2n) is 7.15. The Morgan fingerprint density at radius 2 is 1.66 bits per heavy atom. The molecule has 7 heteroatoms. The fourth-order valence-electron chi connectivity index (χ4n) is 3.38. The molecule has 3 aromatic carbocycles. The highest BCUT2D eigenvalue weighted by Gasteiger charge is 2.17. The third-order valence-electron chi connectivity index (χ3n) is 5.01. The number of ketones is 1. The normalized spacial score (nSPS) is 10.7. The van der Waals surface area contributed by atoms with E-state index in [-0.39, 0.29) is 22.8 Å². The van der Waals surface area contributed by atoms with Crippen molar-refractivity contribution in [1.82, 2.24) is 4.57 Å². The average molecular weight is 431 g/mol. The van der Waals surface area contributed by atoms with Crippen LogP contribution in [-0.2, 0) is 6.54 Å². The van der Waals surface area contributed by atoms with Gasteiger partial charge in [-0.3, -0.25) is 14.2 Å². The molecular formula is C25H19F2N3O2. The minimum Gasteiger partial charge on any atom is -0.384 e. The lowest BCUT2D eigenvalue weighted by Gasteiger charge is -2.14. The summed E-state index contributed by atoms with van der Waals surface area (Å²) in [6, 6.07) is 21.0. The number of halogens is 2. The molecule has 0 saturated heterocycles. The van der Waals surface area contributed by atoms with Crippen molar-refractivity contribution in [3.8, 4) is 5.69 Å². The van der Waals surface area contributed by atoms with Gasteiger partial charge in [-0.05, 0) is 60.2 Å². The number of aromatic nitrogens is 1. The van der Waals surface area contributed by atoms with E-state index in [1.54, 1.807) is 36.4 Å². The molecule has 0 aliphatic carbocycles. The standard InChI is InChI=1S/C25H19F2N3O2/c26-18-10-8-17(9-11-18)24(32)20-12-13-23(31)30(25(20)28)19-5-3-4-16(14-19)15-29-22-7-2-1-6-21(22)27/h1-14,29H,15,28H2. The van der Waals surface area contributed by atoms with Gasteiger partial charge in [-0.1, -0.05) is 24.3 Å². The number of nitrogens with two attached hydrogens (primary N) is 1. The fourth-order valence-corrected chi connectivity index (χ4v) is 3.38. The largest absolute Gasteiger partial charge is 0.384 e.